The van der Waals surface area contributed by atoms with Crippen molar-refractivity contribution < 1.29 is 9.59 Å². The molecule has 1 N–H and O–H groups in total. The van der Waals surface area contributed by atoms with Crippen LogP contribution in [0, 0.1) is 0 Å². The first kappa shape index (κ1) is 15.5. The molecule has 0 atom stereocenters. The van der Waals surface area contributed by atoms with E-state index < -0.39 is 11.8 Å². The van der Waals surface area contributed by atoms with Gasteiger partial charge in [0.1, 0.15) is 0 Å². The molecule has 4 nitrogen and oxygen atoms in total. The van der Waals surface area contributed by atoms with Gasteiger partial charge in [-0.05, 0) is 31.9 Å². The van der Waals surface area contributed by atoms with Crippen molar-refractivity contribution >= 4 is 17.5 Å². The van der Waals surface area contributed by atoms with Crippen LogP contribution < -0.4 is 10.2 Å². The number of benzene rings is 1. The zero-order chi connectivity index (χ0) is 15.1. The standard InChI is InChI=1S/C17H24N2O2/c1-2-19(15-12-8-5-9-13-15)17(21)16(20)18-14-10-6-3-4-7-11-14/h5,8-9,12-14H,2-4,6-7,10-11H2,1H3,(H,18,20). The van der Waals surface area contributed by atoms with Crippen LogP contribution in [0.3, 0.4) is 0 Å². The molecule has 0 unspecified atom stereocenters. The minimum atomic E-state index is -0.479. The van der Waals surface area contributed by atoms with E-state index >= 15 is 0 Å². The van der Waals surface area contributed by atoms with E-state index in [1.807, 2.05) is 37.3 Å². The Bertz CT molecular complexity index is 465. The van der Waals surface area contributed by atoms with E-state index in [4.69, 9.17) is 0 Å². The molecule has 1 saturated carbocycles. The lowest BCUT2D eigenvalue weighted by Crippen LogP contribution is -2.46. The number of nitrogens with one attached hydrogen (secondary N) is 1. The molecule has 0 aliphatic heterocycles. The van der Waals surface area contributed by atoms with Crippen LogP contribution in [-0.2, 0) is 9.59 Å². The van der Waals surface area contributed by atoms with Crippen molar-refractivity contribution in [1.82, 2.24) is 5.32 Å². The van der Waals surface area contributed by atoms with E-state index in [1.165, 1.54) is 17.7 Å². The van der Waals surface area contributed by atoms with Crippen LogP contribution in [0.15, 0.2) is 30.3 Å². The molecule has 21 heavy (non-hydrogen) atoms. The SMILES string of the molecule is CCN(C(=O)C(=O)NC1CCCCCC1)c1ccccc1. The number of rotatable bonds is 3. The highest BCUT2D eigenvalue weighted by atomic mass is 16.2. The van der Waals surface area contributed by atoms with Gasteiger partial charge in [0, 0.05) is 18.3 Å². The second-order valence-electron chi connectivity index (χ2n) is 5.55. The molecule has 0 saturated heterocycles. The molecular weight excluding hydrogens is 264 g/mol. The van der Waals surface area contributed by atoms with Gasteiger partial charge in [0.2, 0.25) is 0 Å². The van der Waals surface area contributed by atoms with Crippen LogP contribution in [0.25, 0.3) is 0 Å². The van der Waals surface area contributed by atoms with Gasteiger partial charge in [0.25, 0.3) is 0 Å². The van der Waals surface area contributed by atoms with Crippen LogP contribution >= 0.6 is 0 Å². The number of hydrogen-bond donors (Lipinski definition) is 1. The van der Waals surface area contributed by atoms with Gasteiger partial charge in [0.15, 0.2) is 0 Å². The molecule has 0 heterocycles. The quantitative estimate of drug-likeness (QED) is 0.687. The summed E-state index contributed by atoms with van der Waals surface area (Å²) in [5.41, 5.74) is 0.765. The van der Waals surface area contributed by atoms with Gasteiger partial charge in [-0.1, -0.05) is 43.9 Å². The van der Waals surface area contributed by atoms with Crippen LogP contribution in [0.1, 0.15) is 45.4 Å². The maximum Gasteiger partial charge on any atom is 0.316 e. The second-order valence-corrected chi connectivity index (χ2v) is 5.55. The molecule has 0 radical (unpaired) electrons. The fourth-order valence-electron chi connectivity index (χ4n) is 2.84. The van der Waals surface area contributed by atoms with Crippen molar-refractivity contribution in [3.63, 3.8) is 0 Å². The van der Waals surface area contributed by atoms with Crippen molar-refractivity contribution in [1.29, 1.82) is 0 Å². The van der Waals surface area contributed by atoms with Crippen LogP contribution in [0.5, 0.6) is 0 Å². The Labute approximate surface area is 126 Å². The summed E-state index contributed by atoms with van der Waals surface area (Å²) in [6.07, 6.45) is 6.69. The predicted octanol–water partition coefficient (Wildman–Crippen LogP) is 2.88. The topological polar surface area (TPSA) is 49.4 Å². The minimum absolute atomic E-state index is 0.151. The van der Waals surface area contributed by atoms with Gasteiger partial charge in [-0.3, -0.25) is 9.59 Å². The van der Waals surface area contributed by atoms with Crippen LogP contribution in [0.4, 0.5) is 5.69 Å². The molecule has 2 amide bonds. The summed E-state index contributed by atoms with van der Waals surface area (Å²) >= 11 is 0. The Morgan fingerprint density at radius 3 is 2.29 bits per heavy atom. The average molecular weight is 288 g/mol. The predicted molar refractivity (Wildman–Crippen MR) is 84.1 cm³/mol. The summed E-state index contributed by atoms with van der Waals surface area (Å²) in [6.45, 7) is 2.37. The van der Waals surface area contributed by atoms with Gasteiger partial charge in [-0.2, -0.15) is 0 Å². The van der Waals surface area contributed by atoms with Crippen molar-refractivity contribution in [2.75, 3.05) is 11.4 Å². The van der Waals surface area contributed by atoms with Crippen LogP contribution in [-0.4, -0.2) is 24.4 Å². The highest BCUT2D eigenvalue weighted by Crippen LogP contribution is 2.18. The highest BCUT2D eigenvalue weighted by molar-refractivity contribution is 6.40. The number of amides is 2. The van der Waals surface area contributed by atoms with Crippen LogP contribution in [0.2, 0.25) is 0 Å². The first-order valence-electron chi connectivity index (χ1n) is 7.89. The normalized spacial score (nSPS) is 16.0. The van der Waals surface area contributed by atoms with Gasteiger partial charge >= 0.3 is 11.8 Å². The molecule has 4 heteroatoms. The Balaban J connectivity index is 1.98. The summed E-state index contributed by atoms with van der Waals surface area (Å²) < 4.78 is 0. The fourth-order valence-corrected chi connectivity index (χ4v) is 2.84. The first-order valence-corrected chi connectivity index (χ1v) is 7.89. The van der Waals surface area contributed by atoms with Crippen molar-refractivity contribution in [2.24, 2.45) is 0 Å². The molecule has 2 rings (SSSR count). The molecule has 1 fully saturated rings. The summed E-state index contributed by atoms with van der Waals surface area (Å²) in [5, 5.41) is 2.91. The number of carbonyl (C=O) groups excluding carboxylic acids is 2. The number of likely N-dealkylation sites (N-methyl/N-ethyl adjacent to an activating group) is 1. The van der Waals surface area contributed by atoms with E-state index in [0.717, 1.165) is 31.4 Å². The van der Waals surface area contributed by atoms with Crippen molar-refractivity contribution in [3.8, 4) is 0 Å². The molecule has 0 bridgehead atoms. The summed E-state index contributed by atoms with van der Waals surface area (Å²) in [5.74, 6) is -0.944. The monoisotopic (exact) mass is 288 g/mol. The third-order valence-electron chi connectivity index (χ3n) is 4.01. The van der Waals surface area contributed by atoms with E-state index in [9.17, 15) is 9.59 Å². The lowest BCUT2D eigenvalue weighted by atomic mass is 10.1. The number of nitrogens with zero attached hydrogens (tertiary/aromatic N) is 1. The second kappa shape index (κ2) is 7.81. The van der Waals surface area contributed by atoms with Crippen molar-refractivity contribution in [2.45, 2.75) is 51.5 Å². The number of hydrogen-bond acceptors (Lipinski definition) is 2. The summed E-state index contributed by atoms with van der Waals surface area (Å²) in [7, 11) is 0. The third kappa shape index (κ3) is 4.31. The van der Waals surface area contributed by atoms with E-state index in [0.29, 0.717) is 6.54 Å². The molecular formula is C17H24N2O2. The molecule has 1 aromatic rings. The van der Waals surface area contributed by atoms with Gasteiger partial charge < -0.3 is 10.2 Å². The molecule has 0 aromatic heterocycles. The lowest BCUT2D eigenvalue weighted by Gasteiger charge is -2.22. The largest absolute Gasteiger partial charge is 0.345 e. The zero-order valence-electron chi connectivity index (χ0n) is 12.7. The number of carbonyl (C=O) groups is 2. The smallest absolute Gasteiger partial charge is 0.316 e. The first-order chi connectivity index (χ1) is 10.2. The maximum atomic E-state index is 12.3. The van der Waals surface area contributed by atoms with E-state index in [-0.39, 0.29) is 6.04 Å². The number of para-hydroxylation sites is 1. The molecule has 0 spiro atoms. The average Bonchev–Trinajstić information content (AvgIpc) is 2.77. The van der Waals surface area contributed by atoms with E-state index in [1.54, 1.807) is 0 Å². The Kier molecular flexibility index (Phi) is 5.78. The minimum Gasteiger partial charge on any atom is -0.345 e. The Morgan fingerprint density at radius 2 is 1.71 bits per heavy atom. The van der Waals surface area contributed by atoms with Gasteiger partial charge in [0.05, 0.1) is 0 Å². The fraction of sp³-hybridized carbons (Fsp3) is 0.529. The summed E-state index contributed by atoms with van der Waals surface area (Å²) in [4.78, 5) is 26.1. The Hall–Kier alpha value is -1.84. The lowest BCUT2D eigenvalue weighted by molar-refractivity contribution is -0.138. The third-order valence-corrected chi connectivity index (χ3v) is 4.01. The Morgan fingerprint density at radius 1 is 1.10 bits per heavy atom. The summed E-state index contributed by atoms with van der Waals surface area (Å²) in [6, 6.07) is 9.48. The molecule has 1 aromatic carbocycles. The number of anilines is 1. The molecule has 1 aliphatic rings. The molecule has 1 aliphatic carbocycles. The van der Waals surface area contributed by atoms with Gasteiger partial charge in [-0.25, -0.2) is 0 Å². The molecule has 114 valence electrons. The van der Waals surface area contributed by atoms with E-state index in [2.05, 4.69) is 5.32 Å². The highest BCUT2D eigenvalue weighted by Gasteiger charge is 2.24. The zero-order valence-corrected chi connectivity index (χ0v) is 12.7. The van der Waals surface area contributed by atoms with Crippen molar-refractivity contribution in [3.05, 3.63) is 30.3 Å². The van der Waals surface area contributed by atoms with Gasteiger partial charge in [-0.15, -0.1) is 0 Å². The maximum absolute atomic E-state index is 12.3.